The van der Waals surface area contributed by atoms with Crippen molar-refractivity contribution in [3.8, 4) is 5.75 Å². The number of nitrogens with zero attached hydrogens (tertiary/aromatic N) is 2. The molecule has 0 bridgehead atoms. The van der Waals surface area contributed by atoms with Gasteiger partial charge in [-0.1, -0.05) is 12.1 Å². The van der Waals surface area contributed by atoms with Gasteiger partial charge in [-0.05, 0) is 37.0 Å². The van der Waals surface area contributed by atoms with Crippen molar-refractivity contribution in [2.45, 2.75) is 31.7 Å². The van der Waals surface area contributed by atoms with Crippen LogP contribution in [0.5, 0.6) is 5.75 Å². The summed E-state index contributed by atoms with van der Waals surface area (Å²) in [6.07, 6.45) is 3.84. The minimum absolute atomic E-state index is 0.221. The van der Waals surface area contributed by atoms with Crippen molar-refractivity contribution < 1.29 is 14.3 Å². The van der Waals surface area contributed by atoms with Crippen LogP contribution in [0.15, 0.2) is 24.3 Å². The van der Waals surface area contributed by atoms with E-state index in [1.54, 1.807) is 0 Å². The molecular formula is C20H31N3O3. The van der Waals surface area contributed by atoms with Gasteiger partial charge in [0, 0.05) is 38.8 Å². The minimum Gasteiger partial charge on any atom is -0.492 e. The molecule has 2 saturated heterocycles. The Hall–Kier alpha value is -1.63. The Labute approximate surface area is 156 Å². The summed E-state index contributed by atoms with van der Waals surface area (Å²) in [5.41, 5.74) is 6.49. The highest BCUT2D eigenvalue weighted by molar-refractivity contribution is 5.79. The summed E-state index contributed by atoms with van der Waals surface area (Å²) in [7, 11) is 0. The summed E-state index contributed by atoms with van der Waals surface area (Å²) in [6, 6.07) is 8.12. The third-order valence-electron chi connectivity index (χ3n) is 5.16. The summed E-state index contributed by atoms with van der Waals surface area (Å²) in [5.74, 6) is 1.00. The summed E-state index contributed by atoms with van der Waals surface area (Å²) in [5, 5.41) is 0. The van der Waals surface area contributed by atoms with Gasteiger partial charge in [-0.15, -0.1) is 0 Å². The van der Waals surface area contributed by atoms with Crippen molar-refractivity contribution in [2.24, 2.45) is 5.73 Å². The van der Waals surface area contributed by atoms with Gasteiger partial charge in [0.1, 0.15) is 12.4 Å². The molecule has 0 aliphatic carbocycles. The number of ether oxygens (including phenoxy) is 2. The van der Waals surface area contributed by atoms with Crippen molar-refractivity contribution in [3.63, 3.8) is 0 Å². The van der Waals surface area contributed by atoms with Gasteiger partial charge < -0.3 is 20.1 Å². The first-order chi connectivity index (χ1) is 12.8. The zero-order valence-electron chi connectivity index (χ0n) is 15.6. The number of carbonyl (C=O) groups excluding carboxylic acids is 1. The topological polar surface area (TPSA) is 68.0 Å². The first kappa shape index (κ1) is 19.1. The second-order valence-electron chi connectivity index (χ2n) is 7.11. The van der Waals surface area contributed by atoms with Crippen LogP contribution in [0.1, 0.15) is 24.8 Å². The maximum atomic E-state index is 13.0. The molecular weight excluding hydrogens is 330 g/mol. The van der Waals surface area contributed by atoms with Crippen LogP contribution in [0.25, 0.3) is 0 Å². The highest BCUT2D eigenvalue weighted by Crippen LogP contribution is 2.21. The standard InChI is InChI=1S/C20H31N3O3/c21-7-11-26-19-6-3-4-17(14-19)15-20(24)23-8-2-1-5-18(23)16-22-9-12-25-13-10-22/h3-4,6,14,18H,1-2,5,7-13,15-16,21H2. The Morgan fingerprint density at radius 3 is 2.88 bits per heavy atom. The molecule has 1 atom stereocenters. The molecule has 1 amide bonds. The summed E-state index contributed by atoms with van der Waals surface area (Å²) >= 11 is 0. The average molecular weight is 361 g/mol. The molecule has 0 saturated carbocycles. The van der Waals surface area contributed by atoms with E-state index in [0.717, 1.165) is 63.5 Å². The Bertz CT molecular complexity index is 575. The number of likely N-dealkylation sites (tertiary alicyclic amines) is 1. The van der Waals surface area contributed by atoms with Crippen molar-refractivity contribution in [2.75, 3.05) is 52.5 Å². The smallest absolute Gasteiger partial charge is 0.227 e. The van der Waals surface area contributed by atoms with Crippen LogP contribution in [0.2, 0.25) is 0 Å². The largest absolute Gasteiger partial charge is 0.492 e. The molecule has 0 radical (unpaired) electrons. The van der Waals surface area contributed by atoms with E-state index >= 15 is 0 Å². The van der Waals surface area contributed by atoms with Crippen molar-refractivity contribution in [1.82, 2.24) is 9.80 Å². The van der Waals surface area contributed by atoms with Crippen LogP contribution < -0.4 is 10.5 Å². The summed E-state index contributed by atoms with van der Waals surface area (Å²) in [4.78, 5) is 17.5. The predicted octanol–water partition coefficient (Wildman–Crippen LogP) is 1.28. The second kappa shape index (κ2) is 9.90. The fourth-order valence-electron chi connectivity index (χ4n) is 3.80. The molecule has 1 aromatic rings. The van der Waals surface area contributed by atoms with Crippen molar-refractivity contribution in [3.05, 3.63) is 29.8 Å². The number of amides is 1. The van der Waals surface area contributed by atoms with Gasteiger partial charge in [-0.3, -0.25) is 9.69 Å². The van der Waals surface area contributed by atoms with E-state index < -0.39 is 0 Å². The first-order valence-electron chi connectivity index (χ1n) is 9.77. The quantitative estimate of drug-likeness (QED) is 0.792. The lowest BCUT2D eigenvalue weighted by atomic mass is 10.00. The van der Waals surface area contributed by atoms with Gasteiger partial charge in [0.25, 0.3) is 0 Å². The van der Waals surface area contributed by atoms with Crippen LogP contribution in [-0.4, -0.2) is 74.3 Å². The summed E-state index contributed by atoms with van der Waals surface area (Å²) in [6.45, 7) is 6.36. The highest BCUT2D eigenvalue weighted by atomic mass is 16.5. The number of hydrogen-bond donors (Lipinski definition) is 1. The van der Waals surface area contributed by atoms with Gasteiger partial charge in [-0.25, -0.2) is 0 Å². The van der Waals surface area contributed by atoms with Crippen LogP contribution in [0, 0.1) is 0 Å². The number of rotatable bonds is 7. The van der Waals surface area contributed by atoms with Crippen LogP contribution in [0.3, 0.4) is 0 Å². The van der Waals surface area contributed by atoms with Gasteiger partial charge >= 0.3 is 0 Å². The monoisotopic (exact) mass is 361 g/mol. The molecule has 3 rings (SSSR count). The van der Waals surface area contributed by atoms with Crippen molar-refractivity contribution >= 4 is 5.91 Å². The molecule has 6 heteroatoms. The SMILES string of the molecule is NCCOc1cccc(CC(=O)N2CCCCC2CN2CCOCC2)c1. The first-order valence-corrected chi connectivity index (χ1v) is 9.77. The van der Waals surface area contributed by atoms with E-state index in [4.69, 9.17) is 15.2 Å². The molecule has 0 aromatic heterocycles. The molecule has 2 fully saturated rings. The molecule has 2 heterocycles. The lowest BCUT2D eigenvalue weighted by molar-refractivity contribution is -0.134. The molecule has 2 aliphatic rings. The third-order valence-corrected chi connectivity index (χ3v) is 5.16. The van der Waals surface area contributed by atoms with Crippen LogP contribution in [0.4, 0.5) is 0 Å². The van der Waals surface area contributed by atoms with Crippen LogP contribution in [-0.2, 0) is 16.0 Å². The Morgan fingerprint density at radius 2 is 2.08 bits per heavy atom. The molecule has 2 N–H and O–H groups in total. The van der Waals surface area contributed by atoms with Gasteiger partial charge in [0.05, 0.1) is 19.6 Å². The van der Waals surface area contributed by atoms with Gasteiger partial charge in [-0.2, -0.15) is 0 Å². The lowest BCUT2D eigenvalue weighted by Gasteiger charge is -2.39. The Balaban J connectivity index is 1.59. The zero-order valence-corrected chi connectivity index (χ0v) is 15.6. The molecule has 144 valence electrons. The maximum Gasteiger partial charge on any atom is 0.227 e. The Kier molecular flexibility index (Phi) is 7.29. The molecule has 6 nitrogen and oxygen atoms in total. The average Bonchev–Trinajstić information content (AvgIpc) is 2.68. The fourth-order valence-corrected chi connectivity index (χ4v) is 3.80. The molecule has 0 spiro atoms. The molecule has 1 unspecified atom stereocenters. The maximum absolute atomic E-state index is 13.0. The van der Waals surface area contributed by atoms with E-state index in [2.05, 4.69) is 9.80 Å². The Morgan fingerprint density at radius 1 is 1.23 bits per heavy atom. The number of hydrogen-bond acceptors (Lipinski definition) is 5. The number of carbonyl (C=O) groups is 1. The van der Waals surface area contributed by atoms with E-state index in [0.29, 0.717) is 25.6 Å². The van der Waals surface area contributed by atoms with E-state index in [1.165, 1.54) is 6.42 Å². The predicted molar refractivity (Wildman–Crippen MR) is 101 cm³/mol. The lowest BCUT2D eigenvalue weighted by Crippen LogP contribution is -2.51. The number of morpholine rings is 1. The minimum atomic E-state index is 0.221. The molecule has 2 aliphatic heterocycles. The summed E-state index contributed by atoms with van der Waals surface area (Å²) < 4.78 is 11.0. The van der Waals surface area contributed by atoms with Crippen molar-refractivity contribution in [1.29, 1.82) is 0 Å². The molecule has 1 aromatic carbocycles. The van der Waals surface area contributed by atoms with Gasteiger partial charge in [0.15, 0.2) is 0 Å². The highest BCUT2D eigenvalue weighted by Gasteiger charge is 2.28. The second-order valence-corrected chi connectivity index (χ2v) is 7.11. The normalized spacial score (nSPS) is 21.6. The van der Waals surface area contributed by atoms with Gasteiger partial charge in [0.2, 0.25) is 5.91 Å². The van der Waals surface area contributed by atoms with Crippen LogP contribution >= 0.6 is 0 Å². The zero-order chi connectivity index (χ0) is 18.2. The van der Waals surface area contributed by atoms with E-state index in [1.807, 2.05) is 24.3 Å². The fraction of sp³-hybridized carbons (Fsp3) is 0.650. The van der Waals surface area contributed by atoms with E-state index in [9.17, 15) is 4.79 Å². The number of benzene rings is 1. The number of nitrogens with two attached hydrogens (primary N) is 1. The number of piperidine rings is 1. The molecule has 26 heavy (non-hydrogen) atoms. The third kappa shape index (κ3) is 5.43. The van der Waals surface area contributed by atoms with E-state index in [-0.39, 0.29) is 5.91 Å².